The Balaban J connectivity index is 2.81. The van der Waals surface area contributed by atoms with Gasteiger partial charge in [0.2, 0.25) is 0 Å². The normalized spacial score (nSPS) is 16.3. The highest BCUT2D eigenvalue weighted by atomic mass is 19.4. The number of alkyl halides is 3. The lowest BCUT2D eigenvalue weighted by molar-refractivity contribution is -0.417. The highest BCUT2D eigenvalue weighted by molar-refractivity contribution is 6.01. The number of halogens is 3. The van der Waals surface area contributed by atoms with E-state index in [1.165, 1.54) is 37.5 Å². The van der Waals surface area contributed by atoms with Crippen molar-refractivity contribution in [1.82, 2.24) is 0 Å². The molecule has 0 aromatic carbocycles. The molecule has 0 heterocycles. The summed E-state index contributed by atoms with van der Waals surface area (Å²) in [5.41, 5.74) is -0.00620. The predicted octanol–water partition coefficient (Wildman–Crippen LogP) is 2.14. The molecule has 1 aliphatic carbocycles. The SMILES string of the molecule is C[O+]=C1C=CC(=[C-]C(F)(F)F)C=C1. The van der Waals surface area contributed by atoms with Crippen molar-refractivity contribution in [2.45, 2.75) is 6.18 Å². The lowest BCUT2D eigenvalue weighted by Gasteiger charge is -2.09. The first-order valence-corrected chi connectivity index (χ1v) is 3.50. The molecule has 0 radical (unpaired) electrons. The number of hydrogen-bond acceptors (Lipinski definition) is 0. The summed E-state index contributed by atoms with van der Waals surface area (Å²) in [6, 6.07) is 0. The van der Waals surface area contributed by atoms with Crippen LogP contribution >= 0.6 is 0 Å². The zero-order valence-corrected chi connectivity index (χ0v) is 6.85. The molecular weight excluding hydrogens is 181 g/mol. The average molecular weight is 188 g/mol. The van der Waals surface area contributed by atoms with E-state index in [1.54, 1.807) is 0 Å². The third-order valence-corrected chi connectivity index (χ3v) is 1.38. The van der Waals surface area contributed by atoms with E-state index in [0.717, 1.165) is 0 Å². The summed E-state index contributed by atoms with van der Waals surface area (Å²) in [5, 5.41) is 0. The highest BCUT2D eigenvalue weighted by Gasteiger charge is 2.18. The lowest BCUT2D eigenvalue weighted by Crippen LogP contribution is -2.05. The first-order valence-electron chi connectivity index (χ1n) is 3.50. The van der Waals surface area contributed by atoms with Crippen LogP contribution in [-0.4, -0.2) is 19.1 Å². The van der Waals surface area contributed by atoms with Crippen LogP contribution in [0, 0.1) is 6.08 Å². The predicted molar refractivity (Wildman–Crippen MR) is 42.0 cm³/mol. The van der Waals surface area contributed by atoms with E-state index in [4.69, 9.17) is 4.42 Å². The van der Waals surface area contributed by atoms with Crippen molar-refractivity contribution in [1.29, 1.82) is 0 Å². The molecule has 0 aromatic heterocycles. The molecule has 13 heavy (non-hydrogen) atoms. The van der Waals surface area contributed by atoms with Crippen molar-refractivity contribution >= 4 is 5.78 Å². The maximum absolute atomic E-state index is 11.8. The van der Waals surface area contributed by atoms with Crippen LogP contribution in [0.1, 0.15) is 0 Å². The number of carbonyl (C=O) groups excluding carboxylic acids is 1. The molecule has 0 amide bonds. The average Bonchev–Trinajstić information content (AvgIpc) is 2.03. The van der Waals surface area contributed by atoms with Gasteiger partial charge >= 0.3 is 12.0 Å². The van der Waals surface area contributed by atoms with Crippen molar-refractivity contribution < 1.29 is 17.6 Å². The van der Waals surface area contributed by atoms with Gasteiger partial charge in [0.25, 0.3) is 7.11 Å². The highest BCUT2D eigenvalue weighted by Crippen LogP contribution is 2.19. The summed E-state index contributed by atoms with van der Waals surface area (Å²) < 4.78 is 40.1. The quantitative estimate of drug-likeness (QED) is 0.407. The van der Waals surface area contributed by atoms with E-state index in [0.29, 0.717) is 5.78 Å². The molecule has 1 rings (SSSR count). The fourth-order valence-corrected chi connectivity index (χ4v) is 0.838. The largest absolute Gasteiger partial charge is 0.361 e. The molecule has 0 N–H and O–H groups in total. The van der Waals surface area contributed by atoms with Gasteiger partial charge in [0, 0.05) is 0 Å². The maximum Gasteiger partial charge on any atom is 0.361 e. The standard InChI is InChI=1S/C9H7F3O/c1-13-8-4-2-7(3-5-8)6-9(10,11)12/h2-5H,1H3. The second-order valence-corrected chi connectivity index (χ2v) is 2.35. The molecule has 0 bridgehead atoms. The Morgan fingerprint density at radius 2 is 1.69 bits per heavy atom. The van der Waals surface area contributed by atoms with Gasteiger partial charge in [-0.3, -0.25) is 4.42 Å². The van der Waals surface area contributed by atoms with E-state index in [2.05, 4.69) is 0 Å². The number of allylic oxidation sites excluding steroid dienone is 6. The molecule has 4 heteroatoms. The topological polar surface area (TPSA) is 11.3 Å². The molecular formula is C9H7F3O. The Bertz CT molecular complexity index is 287. The van der Waals surface area contributed by atoms with Crippen molar-refractivity contribution in [2.75, 3.05) is 7.11 Å². The van der Waals surface area contributed by atoms with Crippen LogP contribution in [0.25, 0.3) is 0 Å². The second-order valence-electron chi connectivity index (χ2n) is 2.35. The van der Waals surface area contributed by atoms with Crippen molar-refractivity contribution in [3.8, 4) is 0 Å². The molecule has 0 saturated heterocycles. The molecule has 0 saturated carbocycles. The monoisotopic (exact) mass is 188 g/mol. The van der Waals surface area contributed by atoms with Gasteiger partial charge in [-0.25, -0.2) is 0 Å². The van der Waals surface area contributed by atoms with Crippen molar-refractivity contribution in [3.63, 3.8) is 0 Å². The zero-order valence-electron chi connectivity index (χ0n) is 6.85. The van der Waals surface area contributed by atoms with Gasteiger partial charge in [-0.2, -0.15) is 30.9 Å². The maximum atomic E-state index is 11.8. The van der Waals surface area contributed by atoms with Crippen LogP contribution in [0.15, 0.2) is 29.9 Å². The molecule has 1 aliphatic rings. The Morgan fingerprint density at radius 3 is 2.08 bits per heavy atom. The minimum Gasteiger partial charge on any atom is -0.260 e. The van der Waals surface area contributed by atoms with E-state index < -0.39 is 6.18 Å². The smallest absolute Gasteiger partial charge is 0.260 e. The number of hydrogen-bond donors (Lipinski definition) is 0. The van der Waals surface area contributed by atoms with E-state index in [1.807, 2.05) is 0 Å². The first-order chi connectivity index (χ1) is 6.01. The van der Waals surface area contributed by atoms with Crippen LogP contribution in [0.4, 0.5) is 13.2 Å². The fraction of sp³-hybridized carbons (Fsp3) is 0.222. The molecule has 0 aromatic rings. The summed E-state index contributed by atoms with van der Waals surface area (Å²) in [5.74, 6) is 0.521. The van der Waals surface area contributed by atoms with Crippen LogP contribution < -0.4 is 0 Å². The summed E-state index contributed by atoms with van der Waals surface area (Å²) in [6.07, 6.45) is 2.48. The Kier molecular flexibility index (Phi) is 2.70. The van der Waals surface area contributed by atoms with Crippen LogP contribution in [0.5, 0.6) is 0 Å². The van der Waals surface area contributed by atoms with E-state index >= 15 is 0 Å². The minimum atomic E-state index is -4.39. The van der Waals surface area contributed by atoms with Gasteiger partial charge in [-0.05, 0) is 12.2 Å². The molecule has 1 nitrogen and oxygen atoms in total. The molecule has 0 fully saturated rings. The fourth-order valence-electron chi connectivity index (χ4n) is 0.838. The van der Waals surface area contributed by atoms with Gasteiger partial charge < -0.3 is 0 Å². The Hall–Kier alpha value is -1.32. The van der Waals surface area contributed by atoms with E-state index in [-0.39, 0.29) is 5.57 Å². The van der Waals surface area contributed by atoms with Gasteiger partial charge in [-0.1, -0.05) is 6.08 Å². The second kappa shape index (κ2) is 3.60. The van der Waals surface area contributed by atoms with Crippen molar-refractivity contribution in [2.24, 2.45) is 0 Å². The minimum absolute atomic E-state index is 0.00620. The number of ketones is 1. The third-order valence-electron chi connectivity index (χ3n) is 1.38. The molecule has 0 aliphatic heterocycles. The van der Waals surface area contributed by atoms with Crippen LogP contribution in [0.3, 0.4) is 0 Å². The van der Waals surface area contributed by atoms with Crippen molar-refractivity contribution in [3.05, 3.63) is 36.0 Å². The van der Waals surface area contributed by atoms with E-state index in [9.17, 15) is 13.2 Å². The molecule has 0 atom stereocenters. The van der Waals surface area contributed by atoms with Crippen LogP contribution in [0.2, 0.25) is 0 Å². The first kappa shape index (κ1) is 9.77. The summed E-state index contributed by atoms with van der Waals surface area (Å²) in [4.78, 5) is 0. The number of rotatable bonds is 0. The molecule has 70 valence electrons. The summed E-state index contributed by atoms with van der Waals surface area (Å²) >= 11 is 0. The third kappa shape index (κ3) is 3.27. The van der Waals surface area contributed by atoms with Gasteiger partial charge in [0.1, 0.15) is 0 Å². The molecule has 0 unspecified atom stereocenters. The lowest BCUT2D eigenvalue weighted by atomic mass is 10.1. The van der Waals surface area contributed by atoms with Gasteiger partial charge in [-0.15, -0.1) is 0 Å². The Morgan fingerprint density at radius 1 is 1.15 bits per heavy atom. The van der Waals surface area contributed by atoms with Crippen LogP contribution in [-0.2, 0) is 4.42 Å². The Labute approximate surface area is 73.6 Å². The van der Waals surface area contributed by atoms with Gasteiger partial charge in [0.15, 0.2) is 0 Å². The molecule has 0 spiro atoms. The van der Waals surface area contributed by atoms with Gasteiger partial charge in [0.05, 0.1) is 0 Å². The summed E-state index contributed by atoms with van der Waals surface area (Å²) in [7, 11) is 1.45. The summed E-state index contributed by atoms with van der Waals surface area (Å²) in [6.45, 7) is 0. The zero-order chi connectivity index (χ0) is 9.90.